The number of ether oxygens (including phenoxy) is 2. The topological polar surface area (TPSA) is 117 Å². The van der Waals surface area contributed by atoms with Crippen LogP contribution in [0.25, 0.3) is 0 Å². The van der Waals surface area contributed by atoms with Gasteiger partial charge in [0.05, 0.1) is 19.8 Å². The van der Waals surface area contributed by atoms with Gasteiger partial charge in [0.1, 0.15) is 6.10 Å². The van der Waals surface area contributed by atoms with Crippen LogP contribution in [-0.4, -0.2) is 49.9 Å². The van der Waals surface area contributed by atoms with Crippen LogP contribution in [0.4, 0.5) is 0 Å². The van der Waals surface area contributed by atoms with Gasteiger partial charge in [0.25, 0.3) is 0 Å². The highest BCUT2D eigenvalue weighted by atomic mass is 31.2. The standard InChI is InChI=1S/C44H88NO7P/c1-3-5-7-9-11-13-14-15-16-17-18-19-20-21-22-23-24-25-26-27-28-29-30-32-34-36-39-49-41-43(42-51-53(47,48)50-40-38-45)52-44(46)37-35-33-31-12-10-8-6-4-2/h17-18,43H,3-16,19-42,45H2,1-2H3,(H,47,48)/b18-17-. The van der Waals surface area contributed by atoms with Crippen LogP contribution in [0.3, 0.4) is 0 Å². The SMILES string of the molecule is CCCCCCCCCC/C=C\CCCCCCCCCCCCCCCCOCC(COP(=O)(O)OCCN)OC(=O)CCCCCCCCCC. The Bertz CT molecular complexity index is 828. The fourth-order valence-electron chi connectivity index (χ4n) is 6.58. The van der Waals surface area contributed by atoms with Gasteiger partial charge in [-0.1, -0.05) is 193 Å². The van der Waals surface area contributed by atoms with E-state index in [-0.39, 0.29) is 32.3 Å². The maximum absolute atomic E-state index is 12.5. The number of rotatable bonds is 44. The van der Waals surface area contributed by atoms with Crippen LogP contribution in [0.5, 0.6) is 0 Å². The molecule has 0 aromatic carbocycles. The number of esters is 1. The van der Waals surface area contributed by atoms with Crippen LogP contribution < -0.4 is 5.73 Å². The lowest BCUT2D eigenvalue weighted by Crippen LogP contribution is -2.28. The van der Waals surface area contributed by atoms with Gasteiger partial charge in [-0.15, -0.1) is 0 Å². The Hall–Kier alpha value is -0.760. The normalized spacial score (nSPS) is 13.5. The third-order valence-corrected chi connectivity index (χ3v) is 10.9. The summed E-state index contributed by atoms with van der Waals surface area (Å²) in [6.07, 6.45) is 45.5. The number of nitrogens with two attached hydrogens (primary N) is 1. The lowest BCUT2D eigenvalue weighted by molar-refractivity contribution is -0.154. The lowest BCUT2D eigenvalue weighted by Gasteiger charge is -2.20. The Kier molecular flexibility index (Phi) is 41.8. The Morgan fingerprint density at radius 1 is 0.547 bits per heavy atom. The van der Waals surface area contributed by atoms with Gasteiger partial charge in [-0.25, -0.2) is 4.57 Å². The van der Waals surface area contributed by atoms with E-state index in [1.165, 1.54) is 173 Å². The van der Waals surface area contributed by atoms with Gasteiger partial charge in [0.15, 0.2) is 0 Å². The van der Waals surface area contributed by atoms with E-state index in [1.807, 2.05) is 0 Å². The molecule has 0 aliphatic heterocycles. The van der Waals surface area contributed by atoms with Gasteiger partial charge in [0, 0.05) is 19.6 Å². The molecule has 2 atom stereocenters. The molecule has 9 heteroatoms. The summed E-state index contributed by atoms with van der Waals surface area (Å²) in [5.74, 6) is -0.332. The van der Waals surface area contributed by atoms with Crippen LogP contribution in [-0.2, 0) is 27.9 Å². The summed E-state index contributed by atoms with van der Waals surface area (Å²) in [5, 5.41) is 0. The minimum Gasteiger partial charge on any atom is -0.457 e. The number of carbonyl (C=O) groups is 1. The molecule has 0 rings (SSSR count). The Morgan fingerprint density at radius 3 is 1.38 bits per heavy atom. The highest BCUT2D eigenvalue weighted by Crippen LogP contribution is 2.43. The van der Waals surface area contributed by atoms with Gasteiger partial charge in [-0.05, 0) is 38.5 Å². The molecule has 8 nitrogen and oxygen atoms in total. The molecule has 316 valence electrons. The zero-order valence-electron chi connectivity index (χ0n) is 35.0. The second-order valence-electron chi connectivity index (χ2n) is 15.3. The zero-order chi connectivity index (χ0) is 38.8. The highest BCUT2D eigenvalue weighted by Gasteiger charge is 2.25. The number of allylic oxidation sites excluding steroid dienone is 2. The molecule has 0 fully saturated rings. The third-order valence-electron chi connectivity index (χ3n) is 9.93. The average Bonchev–Trinajstić information content (AvgIpc) is 3.15. The van der Waals surface area contributed by atoms with Crippen molar-refractivity contribution in [2.75, 3.05) is 33.0 Å². The van der Waals surface area contributed by atoms with E-state index in [1.54, 1.807) is 0 Å². The number of hydrogen-bond acceptors (Lipinski definition) is 7. The molecule has 0 saturated heterocycles. The second-order valence-corrected chi connectivity index (χ2v) is 16.7. The first-order valence-electron chi connectivity index (χ1n) is 22.7. The summed E-state index contributed by atoms with van der Waals surface area (Å²) in [4.78, 5) is 22.3. The molecule has 0 bridgehead atoms. The van der Waals surface area contributed by atoms with Crippen molar-refractivity contribution in [2.45, 2.75) is 232 Å². The maximum Gasteiger partial charge on any atom is 0.472 e. The van der Waals surface area contributed by atoms with E-state index in [2.05, 4.69) is 26.0 Å². The number of phosphoric ester groups is 1. The molecule has 0 radical (unpaired) electrons. The van der Waals surface area contributed by atoms with E-state index in [4.69, 9.17) is 24.3 Å². The zero-order valence-corrected chi connectivity index (χ0v) is 35.9. The Labute approximate surface area is 328 Å². The van der Waals surface area contributed by atoms with Gasteiger partial charge >= 0.3 is 13.8 Å². The van der Waals surface area contributed by atoms with Crippen LogP contribution >= 0.6 is 7.82 Å². The van der Waals surface area contributed by atoms with Crippen molar-refractivity contribution < 1.29 is 32.8 Å². The predicted octanol–water partition coefficient (Wildman–Crippen LogP) is 13.5. The minimum atomic E-state index is -4.26. The van der Waals surface area contributed by atoms with E-state index >= 15 is 0 Å². The summed E-state index contributed by atoms with van der Waals surface area (Å²) < 4.78 is 33.3. The van der Waals surface area contributed by atoms with Crippen molar-refractivity contribution in [3.8, 4) is 0 Å². The van der Waals surface area contributed by atoms with Crippen molar-refractivity contribution in [1.29, 1.82) is 0 Å². The third kappa shape index (κ3) is 42.2. The van der Waals surface area contributed by atoms with Gasteiger partial charge in [-0.3, -0.25) is 13.8 Å². The molecule has 0 saturated carbocycles. The molecule has 0 amide bonds. The molecule has 53 heavy (non-hydrogen) atoms. The molecule has 0 aromatic heterocycles. The quantitative estimate of drug-likeness (QED) is 0.0272. The maximum atomic E-state index is 12.5. The average molecular weight is 774 g/mol. The molecule has 3 N–H and O–H groups in total. The monoisotopic (exact) mass is 774 g/mol. The van der Waals surface area contributed by atoms with Crippen LogP contribution in [0.2, 0.25) is 0 Å². The Balaban J connectivity index is 3.77. The van der Waals surface area contributed by atoms with Crippen molar-refractivity contribution in [3.05, 3.63) is 12.2 Å². The van der Waals surface area contributed by atoms with Crippen molar-refractivity contribution >= 4 is 13.8 Å². The van der Waals surface area contributed by atoms with Crippen molar-refractivity contribution in [3.63, 3.8) is 0 Å². The number of hydrogen-bond donors (Lipinski definition) is 2. The molecule has 0 aliphatic rings. The van der Waals surface area contributed by atoms with Crippen LogP contribution in [0, 0.1) is 0 Å². The first-order chi connectivity index (χ1) is 25.9. The van der Waals surface area contributed by atoms with Crippen molar-refractivity contribution in [2.24, 2.45) is 5.73 Å². The van der Waals surface area contributed by atoms with Crippen molar-refractivity contribution in [1.82, 2.24) is 0 Å². The van der Waals surface area contributed by atoms with Gasteiger partial charge in [0.2, 0.25) is 0 Å². The Morgan fingerprint density at radius 2 is 0.943 bits per heavy atom. The molecular weight excluding hydrogens is 685 g/mol. The predicted molar refractivity (Wildman–Crippen MR) is 224 cm³/mol. The van der Waals surface area contributed by atoms with E-state index in [0.717, 1.165) is 32.1 Å². The molecule has 0 aliphatic carbocycles. The van der Waals surface area contributed by atoms with Crippen LogP contribution in [0.1, 0.15) is 226 Å². The molecular formula is C44H88NO7P. The summed E-state index contributed by atoms with van der Waals surface area (Å²) in [6, 6.07) is 0. The summed E-state index contributed by atoms with van der Waals surface area (Å²) in [5.41, 5.74) is 5.36. The van der Waals surface area contributed by atoms with Crippen LogP contribution in [0.15, 0.2) is 12.2 Å². The molecule has 0 aromatic rings. The lowest BCUT2D eigenvalue weighted by atomic mass is 10.0. The first kappa shape index (κ1) is 52.2. The van der Waals surface area contributed by atoms with Gasteiger partial charge in [-0.2, -0.15) is 0 Å². The largest absolute Gasteiger partial charge is 0.472 e. The first-order valence-corrected chi connectivity index (χ1v) is 24.2. The molecule has 0 heterocycles. The van der Waals surface area contributed by atoms with E-state index in [9.17, 15) is 14.3 Å². The smallest absolute Gasteiger partial charge is 0.457 e. The fourth-order valence-corrected chi connectivity index (χ4v) is 7.35. The summed E-state index contributed by atoms with van der Waals surface area (Å²) >= 11 is 0. The van der Waals surface area contributed by atoms with E-state index in [0.29, 0.717) is 13.0 Å². The number of phosphoric acid groups is 1. The molecule has 0 spiro atoms. The van der Waals surface area contributed by atoms with E-state index < -0.39 is 13.9 Å². The number of unbranched alkanes of at least 4 members (excludes halogenated alkanes) is 29. The fraction of sp³-hybridized carbons (Fsp3) is 0.932. The number of carbonyl (C=O) groups excluding carboxylic acids is 1. The van der Waals surface area contributed by atoms with Gasteiger partial charge < -0.3 is 20.1 Å². The summed E-state index contributed by atoms with van der Waals surface area (Å²) in [7, 11) is -4.26. The molecule has 2 unspecified atom stereocenters. The minimum absolute atomic E-state index is 0.0920. The highest BCUT2D eigenvalue weighted by molar-refractivity contribution is 7.47. The summed E-state index contributed by atoms with van der Waals surface area (Å²) in [6.45, 7) is 4.93. The second kappa shape index (κ2) is 42.4.